The number of hydrogen-bond acceptors (Lipinski definition) is 3. The van der Waals surface area contributed by atoms with Crippen LogP contribution in [0.25, 0.3) is 0 Å². The zero-order chi connectivity index (χ0) is 9.84. The third-order valence-corrected chi connectivity index (χ3v) is 1.92. The minimum atomic E-state index is -0.250. The highest BCUT2D eigenvalue weighted by Gasteiger charge is 2.06. The number of rotatable bonds is 3. The van der Waals surface area contributed by atoms with E-state index in [9.17, 15) is 5.11 Å². The standard InChI is InChI=1S/C10H14N2O/c1-7(11)9(12)6-8-4-2-3-5-10(8)13/h2-5,7,12-13H,6,11H2,1H3. The van der Waals surface area contributed by atoms with Crippen LogP contribution < -0.4 is 5.73 Å². The molecule has 13 heavy (non-hydrogen) atoms. The Bertz CT molecular complexity index is 308. The number of phenolic OH excluding ortho intramolecular Hbond substituents is 1. The fourth-order valence-electron chi connectivity index (χ4n) is 1.03. The Morgan fingerprint density at radius 1 is 1.54 bits per heavy atom. The molecule has 0 aliphatic carbocycles. The van der Waals surface area contributed by atoms with Crippen LogP contribution in [0.4, 0.5) is 0 Å². The van der Waals surface area contributed by atoms with Crippen molar-refractivity contribution in [1.82, 2.24) is 0 Å². The molecule has 0 radical (unpaired) electrons. The molecule has 0 bridgehead atoms. The molecule has 0 spiro atoms. The van der Waals surface area contributed by atoms with Gasteiger partial charge in [-0.25, -0.2) is 0 Å². The van der Waals surface area contributed by atoms with Gasteiger partial charge in [0, 0.05) is 18.2 Å². The van der Waals surface area contributed by atoms with Crippen LogP contribution in [-0.4, -0.2) is 16.9 Å². The predicted molar refractivity (Wildman–Crippen MR) is 53.2 cm³/mol. The molecule has 1 atom stereocenters. The van der Waals surface area contributed by atoms with Crippen LogP contribution in [0.1, 0.15) is 12.5 Å². The predicted octanol–water partition coefficient (Wildman–Crippen LogP) is 1.30. The van der Waals surface area contributed by atoms with Crippen LogP contribution in [0.3, 0.4) is 0 Å². The van der Waals surface area contributed by atoms with Gasteiger partial charge in [-0.3, -0.25) is 0 Å². The second-order valence-corrected chi connectivity index (χ2v) is 3.12. The first-order valence-electron chi connectivity index (χ1n) is 4.21. The van der Waals surface area contributed by atoms with E-state index in [1.54, 1.807) is 25.1 Å². The highest BCUT2D eigenvalue weighted by atomic mass is 16.3. The van der Waals surface area contributed by atoms with E-state index < -0.39 is 0 Å². The van der Waals surface area contributed by atoms with E-state index >= 15 is 0 Å². The number of benzene rings is 1. The van der Waals surface area contributed by atoms with Gasteiger partial charge in [0.2, 0.25) is 0 Å². The molecular formula is C10H14N2O. The van der Waals surface area contributed by atoms with Crippen molar-refractivity contribution in [3.63, 3.8) is 0 Å². The summed E-state index contributed by atoms with van der Waals surface area (Å²) in [6.45, 7) is 1.77. The molecule has 70 valence electrons. The van der Waals surface area contributed by atoms with Gasteiger partial charge in [0.25, 0.3) is 0 Å². The molecule has 0 saturated heterocycles. The van der Waals surface area contributed by atoms with Crippen LogP contribution in [-0.2, 0) is 6.42 Å². The van der Waals surface area contributed by atoms with Gasteiger partial charge in [0.05, 0.1) is 0 Å². The van der Waals surface area contributed by atoms with Crippen molar-refractivity contribution >= 4 is 5.71 Å². The molecule has 0 heterocycles. The van der Waals surface area contributed by atoms with Crippen molar-refractivity contribution in [1.29, 1.82) is 5.41 Å². The van der Waals surface area contributed by atoms with Gasteiger partial charge >= 0.3 is 0 Å². The van der Waals surface area contributed by atoms with Gasteiger partial charge in [-0.1, -0.05) is 18.2 Å². The van der Waals surface area contributed by atoms with Gasteiger partial charge in [0.15, 0.2) is 0 Å². The average molecular weight is 178 g/mol. The lowest BCUT2D eigenvalue weighted by Crippen LogP contribution is -2.27. The van der Waals surface area contributed by atoms with E-state index in [0.29, 0.717) is 12.1 Å². The van der Waals surface area contributed by atoms with E-state index in [1.807, 2.05) is 6.07 Å². The molecule has 4 N–H and O–H groups in total. The first-order chi connectivity index (χ1) is 6.11. The zero-order valence-electron chi connectivity index (χ0n) is 7.62. The molecule has 0 amide bonds. The van der Waals surface area contributed by atoms with Crippen molar-refractivity contribution < 1.29 is 5.11 Å². The van der Waals surface area contributed by atoms with E-state index in [1.165, 1.54) is 0 Å². The van der Waals surface area contributed by atoms with Crippen LogP contribution in [0.15, 0.2) is 24.3 Å². The normalized spacial score (nSPS) is 12.5. The molecule has 1 aromatic carbocycles. The first kappa shape index (κ1) is 9.74. The Morgan fingerprint density at radius 3 is 2.69 bits per heavy atom. The van der Waals surface area contributed by atoms with E-state index in [-0.39, 0.29) is 11.8 Å². The summed E-state index contributed by atoms with van der Waals surface area (Å²) in [5.41, 5.74) is 6.71. The average Bonchev–Trinajstić information content (AvgIpc) is 2.08. The highest BCUT2D eigenvalue weighted by Crippen LogP contribution is 2.16. The van der Waals surface area contributed by atoms with Crippen LogP contribution >= 0.6 is 0 Å². The third kappa shape index (κ3) is 2.56. The Kier molecular flexibility index (Phi) is 3.03. The summed E-state index contributed by atoms with van der Waals surface area (Å²) < 4.78 is 0. The van der Waals surface area contributed by atoms with Gasteiger partial charge in [0.1, 0.15) is 5.75 Å². The van der Waals surface area contributed by atoms with Gasteiger partial charge in [-0.05, 0) is 18.6 Å². The topological polar surface area (TPSA) is 70.1 Å². The number of phenols is 1. The maximum absolute atomic E-state index is 9.40. The lowest BCUT2D eigenvalue weighted by Gasteiger charge is -2.08. The Morgan fingerprint density at radius 2 is 2.15 bits per heavy atom. The minimum Gasteiger partial charge on any atom is -0.508 e. The molecule has 0 fully saturated rings. The minimum absolute atomic E-state index is 0.230. The molecule has 1 aromatic rings. The molecule has 3 nitrogen and oxygen atoms in total. The molecule has 0 aliphatic heterocycles. The first-order valence-corrected chi connectivity index (χ1v) is 4.21. The second-order valence-electron chi connectivity index (χ2n) is 3.12. The molecule has 1 rings (SSSR count). The molecular weight excluding hydrogens is 164 g/mol. The number of aromatic hydroxyl groups is 1. The summed E-state index contributed by atoms with van der Waals surface area (Å²) >= 11 is 0. The number of nitrogens with two attached hydrogens (primary N) is 1. The summed E-state index contributed by atoms with van der Waals surface area (Å²) in [5.74, 6) is 0.230. The Labute approximate surface area is 77.7 Å². The fourth-order valence-corrected chi connectivity index (χ4v) is 1.03. The zero-order valence-corrected chi connectivity index (χ0v) is 7.62. The van der Waals surface area contributed by atoms with Crippen molar-refractivity contribution in [2.75, 3.05) is 0 Å². The van der Waals surface area contributed by atoms with Crippen LogP contribution in [0.2, 0.25) is 0 Å². The summed E-state index contributed by atoms with van der Waals surface area (Å²) in [6, 6.07) is 6.76. The van der Waals surface area contributed by atoms with Crippen molar-refractivity contribution in [2.45, 2.75) is 19.4 Å². The molecule has 0 saturated carbocycles. The van der Waals surface area contributed by atoms with Crippen LogP contribution in [0, 0.1) is 5.41 Å². The molecule has 0 aliphatic rings. The molecule has 1 unspecified atom stereocenters. The molecule has 0 aromatic heterocycles. The van der Waals surface area contributed by atoms with Gasteiger partial charge < -0.3 is 16.2 Å². The monoisotopic (exact) mass is 178 g/mol. The maximum Gasteiger partial charge on any atom is 0.119 e. The van der Waals surface area contributed by atoms with E-state index in [0.717, 1.165) is 5.56 Å². The number of para-hydroxylation sites is 1. The highest BCUT2D eigenvalue weighted by molar-refractivity contribution is 5.88. The third-order valence-electron chi connectivity index (χ3n) is 1.92. The number of nitrogens with one attached hydrogen (secondary N) is 1. The van der Waals surface area contributed by atoms with Crippen molar-refractivity contribution in [3.8, 4) is 5.75 Å². The summed E-state index contributed by atoms with van der Waals surface area (Å²) in [5, 5.41) is 16.9. The van der Waals surface area contributed by atoms with E-state index in [4.69, 9.17) is 11.1 Å². The quantitative estimate of drug-likeness (QED) is 0.610. The molecule has 3 heteroatoms. The van der Waals surface area contributed by atoms with E-state index in [2.05, 4.69) is 0 Å². The van der Waals surface area contributed by atoms with Crippen LogP contribution in [0.5, 0.6) is 5.75 Å². The van der Waals surface area contributed by atoms with Gasteiger partial charge in [-0.15, -0.1) is 0 Å². The lowest BCUT2D eigenvalue weighted by molar-refractivity contribution is 0.470. The summed E-state index contributed by atoms with van der Waals surface area (Å²) in [7, 11) is 0. The van der Waals surface area contributed by atoms with Crippen molar-refractivity contribution in [2.24, 2.45) is 5.73 Å². The fraction of sp³-hybridized carbons (Fsp3) is 0.300. The SMILES string of the molecule is CC(N)C(=N)Cc1ccccc1O. The lowest BCUT2D eigenvalue weighted by atomic mass is 10.0. The van der Waals surface area contributed by atoms with Crippen molar-refractivity contribution in [3.05, 3.63) is 29.8 Å². The van der Waals surface area contributed by atoms with Gasteiger partial charge in [-0.2, -0.15) is 0 Å². The maximum atomic E-state index is 9.40. The Hall–Kier alpha value is -1.35. The largest absolute Gasteiger partial charge is 0.508 e. The summed E-state index contributed by atoms with van der Waals surface area (Å²) in [6.07, 6.45) is 0.421. The smallest absolute Gasteiger partial charge is 0.119 e. The summed E-state index contributed by atoms with van der Waals surface area (Å²) in [4.78, 5) is 0. The number of hydrogen-bond donors (Lipinski definition) is 3. The Balaban J connectivity index is 2.75. The second kappa shape index (κ2) is 4.05.